The first kappa shape index (κ1) is 22.8. The lowest BCUT2D eigenvalue weighted by atomic mass is 10.1. The van der Waals surface area contributed by atoms with Crippen molar-refractivity contribution in [3.63, 3.8) is 0 Å². The molecule has 0 fully saturated rings. The second kappa shape index (κ2) is 10.9. The molecule has 0 aliphatic heterocycles. The van der Waals surface area contributed by atoms with Gasteiger partial charge >= 0.3 is 0 Å². The predicted octanol–water partition coefficient (Wildman–Crippen LogP) is 3.95. The quantitative estimate of drug-likeness (QED) is 0.453. The molecule has 2 aromatic carbocycles. The minimum absolute atomic E-state index is 0.193. The van der Waals surface area contributed by atoms with Crippen LogP contribution in [0.25, 0.3) is 0 Å². The zero-order valence-electron chi connectivity index (χ0n) is 17.7. The zero-order chi connectivity index (χ0) is 22.1. The van der Waals surface area contributed by atoms with Gasteiger partial charge in [-0.3, -0.25) is 4.79 Å². The van der Waals surface area contributed by atoms with Gasteiger partial charge in [-0.25, -0.2) is 8.42 Å². The molecule has 3 aromatic rings. The van der Waals surface area contributed by atoms with Crippen molar-refractivity contribution in [2.75, 3.05) is 19.6 Å². The Morgan fingerprint density at radius 3 is 2.19 bits per heavy atom. The highest BCUT2D eigenvalue weighted by atomic mass is 32.2. The molecular weight excluding hydrogens is 412 g/mol. The van der Waals surface area contributed by atoms with Crippen LogP contribution in [0.3, 0.4) is 0 Å². The summed E-state index contributed by atoms with van der Waals surface area (Å²) in [6, 6.07) is 21.7. The van der Waals surface area contributed by atoms with Crippen LogP contribution in [0.4, 0.5) is 0 Å². The molecule has 0 saturated heterocycles. The van der Waals surface area contributed by atoms with E-state index in [0.29, 0.717) is 31.7 Å². The molecule has 0 aliphatic rings. The fourth-order valence-corrected chi connectivity index (χ4v) is 4.82. The average molecular weight is 441 g/mol. The largest absolute Gasteiger partial charge is 0.467 e. The highest BCUT2D eigenvalue weighted by molar-refractivity contribution is 7.89. The number of carbonyl (C=O) groups excluding carboxylic acids is 1. The van der Waals surface area contributed by atoms with E-state index in [2.05, 4.69) is 0 Å². The van der Waals surface area contributed by atoms with E-state index in [0.717, 1.165) is 5.56 Å². The number of benzene rings is 2. The lowest BCUT2D eigenvalue weighted by Gasteiger charge is -2.26. The Labute approximate surface area is 184 Å². The third-order valence-electron chi connectivity index (χ3n) is 4.96. The molecule has 31 heavy (non-hydrogen) atoms. The van der Waals surface area contributed by atoms with Gasteiger partial charge in [0.25, 0.3) is 0 Å². The number of sulfonamides is 1. The summed E-state index contributed by atoms with van der Waals surface area (Å²) in [7, 11) is -3.76. The second-order valence-electron chi connectivity index (χ2n) is 7.28. The monoisotopic (exact) mass is 440 g/mol. The summed E-state index contributed by atoms with van der Waals surface area (Å²) in [5, 5.41) is 0. The normalized spacial score (nSPS) is 11.5. The number of carbonyl (C=O) groups is 1. The molecule has 0 radical (unpaired) electrons. The Hall–Kier alpha value is -2.90. The first-order chi connectivity index (χ1) is 15.0. The van der Waals surface area contributed by atoms with E-state index in [9.17, 15) is 13.2 Å². The van der Waals surface area contributed by atoms with Crippen LogP contribution >= 0.6 is 0 Å². The van der Waals surface area contributed by atoms with Gasteiger partial charge in [0, 0.05) is 13.1 Å². The van der Waals surface area contributed by atoms with E-state index in [-0.39, 0.29) is 23.9 Å². The Kier molecular flexibility index (Phi) is 8.03. The Morgan fingerprint density at radius 1 is 0.903 bits per heavy atom. The second-order valence-corrected chi connectivity index (χ2v) is 9.22. The molecule has 7 heteroatoms. The van der Waals surface area contributed by atoms with E-state index >= 15 is 0 Å². The number of hydrogen-bond acceptors (Lipinski definition) is 4. The zero-order valence-corrected chi connectivity index (χ0v) is 18.5. The molecule has 0 atom stereocenters. The summed E-state index contributed by atoms with van der Waals surface area (Å²) in [6.45, 7) is 2.73. The molecule has 1 amide bonds. The molecule has 0 spiro atoms. The van der Waals surface area contributed by atoms with Crippen LogP contribution in [0.1, 0.15) is 24.7 Å². The SMILES string of the molecule is CCCN(CC(=O)N(CCc1ccccc1)Cc1ccco1)S(=O)(=O)c1ccccc1. The average Bonchev–Trinajstić information content (AvgIpc) is 3.30. The molecule has 1 heterocycles. The van der Waals surface area contributed by atoms with Crippen molar-refractivity contribution in [3.8, 4) is 0 Å². The van der Waals surface area contributed by atoms with E-state index in [1.807, 2.05) is 43.3 Å². The third-order valence-corrected chi connectivity index (χ3v) is 6.82. The molecule has 3 rings (SSSR count). The van der Waals surface area contributed by atoms with Crippen molar-refractivity contribution in [1.82, 2.24) is 9.21 Å². The van der Waals surface area contributed by atoms with Crippen LogP contribution in [0.2, 0.25) is 0 Å². The van der Waals surface area contributed by atoms with Gasteiger partial charge in [0.2, 0.25) is 15.9 Å². The van der Waals surface area contributed by atoms with Crippen LogP contribution in [0, 0.1) is 0 Å². The summed E-state index contributed by atoms with van der Waals surface area (Å²) in [5.74, 6) is 0.412. The summed E-state index contributed by atoms with van der Waals surface area (Å²) in [4.78, 5) is 15.1. The van der Waals surface area contributed by atoms with Crippen LogP contribution in [0.5, 0.6) is 0 Å². The van der Waals surface area contributed by atoms with E-state index < -0.39 is 10.0 Å². The van der Waals surface area contributed by atoms with Crippen molar-refractivity contribution < 1.29 is 17.6 Å². The van der Waals surface area contributed by atoms with Gasteiger partial charge in [0.15, 0.2) is 0 Å². The molecule has 0 unspecified atom stereocenters. The first-order valence-corrected chi connectivity index (χ1v) is 11.8. The molecule has 0 bridgehead atoms. The van der Waals surface area contributed by atoms with E-state index in [4.69, 9.17) is 4.42 Å². The fourth-order valence-electron chi connectivity index (χ4n) is 3.32. The maximum atomic E-state index is 13.2. The van der Waals surface area contributed by atoms with Gasteiger partial charge in [-0.2, -0.15) is 4.31 Å². The summed E-state index contributed by atoms with van der Waals surface area (Å²) in [6.07, 6.45) is 2.85. The van der Waals surface area contributed by atoms with Crippen LogP contribution in [0.15, 0.2) is 88.4 Å². The van der Waals surface area contributed by atoms with Crippen LogP contribution in [-0.4, -0.2) is 43.2 Å². The highest BCUT2D eigenvalue weighted by Gasteiger charge is 2.28. The van der Waals surface area contributed by atoms with Gasteiger partial charge in [0.05, 0.1) is 24.2 Å². The van der Waals surface area contributed by atoms with Gasteiger partial charge in [-0.05, 0) is 42.7 Å². The van der Waals surface area contributed by atoms with Crippen molar-refractivity contribution in [3.05, 3.63) is 90.4 Å². The maximum Gasteiger partial charge on any atom is 0.243 e. The molecule has 0 N–H and O–H groups in total. The maximum absolute atomic E-state index is 13.2. The highest BCUT2D eigenvalue weighted by Crippen LogP contribution is 2.17. The van der Waals surface area contributed by atoms with Crippen LogP contribution < -0.4 is 0 Å². The van der Waals surface area contributed by atoms with Gasteiger partial charge in [0.1, 0.15) is 5.76 Å². The molecule has 6 nitrogen and oxygen atoms in total. The number of nitrogens with zero attached hydrogens (tertiary/aromatic N) is 2. The Balaban J connectivity index is 1.77. The van der Waals surface area contributed by atoms with E-state index in [1.165, 1.54) is 4.31 Å². The topological polar surface area (TPSA) is 70.8 Å². The number of hydrogen-bond donors (Lipinski definition) is 0. The molecule has 1 aromatic heterocycles. The lowest BCUT2D eigenvalue weighted by molar-refractivity contribution is -0.132. The number of rotatable bonds is 11. The molecule has 0 aliphatic carbocycles. The van der Waals surface area contributed by atoms with Crippen LogP contribution in [-0.2, 0) is 27.8 Å². The van der Waals surface area contributed by atoms with Crippen molar-refractivity contribution in [1.29, 1.82) is 0 Å². The number of amides is 1. The summed E-state index contributed by atoms with van der Waals surface area (Å²) >= 11 is 0. The summed E-state index contributed by atoms with van der Waals surface area (Å²) < 4.78 is 32.9. The smallest absolute Gasteiger partial charge is 0.243 e. The number of furan rings is 1. The standard InChI is InChI=1S/C24H28N2O4S/c1-2-16-26(31(28,29)23-13-7-4-8-14-23)20-24(27)25(19-22-12-9-18-30-22)17-15-21-10-5-3-6-11-21/h3-14,18H,2,15-17,19-20H2,1H3. The van der Waals surface area contributed by atoms with Gasteiger partial charge in [-0.1, -0.05) is 55.5 Å². The lowest BCUT2D eigenvalue weighted by Crippen LogP contribution is -2.43. The summed E-state index contributed by atoms with van der Waals surface area (Å²) in [5.41, 5.74) is 1.11. The minimum atomic E-state index is -3.76. The van der Waals surface area contributed by atoms with E-state index in [1.54, 1.807) is 47.6 Å². The first-order valence-electron chi connectivity index (χ1n) is 10.4. The fraction of sp³-hybridized carbons (Fsp3) is 0.292. The van der Waals surface area contributed by atoms with Gasteiger partial charge in [-0.15, -0.1) is 0 Å². The predicted molar refractivity (Wildman–Crippen MR) is 120 cm³/mol. The Morgan fingerprint density at radius 2 is 1.58 bits per heavy atom. The minimum Gasteiger partial charge on any atom is -0.467 e. The molecule has 0 saturated carbocycles. The van der Waals surface area contributed by atoms with Crippen molar-refractivity contribution in [2.24, 2.45) is 0 Å². The van der Waals surface area contributed by atoms with Crippen molar-refractivity contribution in [2.45, 2.75) is 31.2 Å². The molecule has 164 valence electrons. The molecular formula is C24H28N2O4S. The third kappa shape index (κ3) is 6.29. The van der Waals surface area contributed by atoms with Crippen molar-refractivity contribution >= 4 is 15.9 Å². The Bertz CT molecular complexity index is 1040. The van der Waals surface area contributed by atoms with Gasteiger partial charge < -0.3 is 9.32 Å².